The summed E-state index contributed by atoms with van der Waals surface area (Å²) in [5.41, 5.74) is 1.90. The molecule has 0 bridgehead atoms. The second kappa shape index (κ2) is 6.39. The maximum Gasteiger partial charge on any atom is 0.319 e. The van der Waals surface area contributed by atoms with Crippen molar-refractivity contribution >= 4 is 34.3 Å². The van der Waals surface area contributed by atoms with E-state index in [1.54, 1.807) is 0 Å². The summed E-state index contributed by atoms with van der Waals surface area (Å²) in [5.74, 6) is 0. The molecule has 0 unspecified atom stereocenters. The molecule has 0 radical (unpaired) electrons. The first-order chi connectivity index (χ1) is 8.75. The number of hydrogen-bond donors (Lipinski definition) is 2. The van der Waals surface area contributed by atoms with Crippen molar-refractivity contribution in [2.75, 3.05) is 5.32 Å². The predicted molar refractivity (Wildman–Crippen MR) is 81.5 cm³/mol. The number of nitrogens with one attached hydrogen (secondary N) is 2. The molecule has 0 aliphatic carbocycles. The zero-order chi connectivity index (χ0) is 12.8. The normalized spacial score (nSPS) is 9.83. The van der Waals surface area contributed by atoms with Crippen LogP contribution in [0, 0.1) is 3.57 Å². The van der Waals surface area contributed by atoms with E-state index in [4.69, 9.17) is 0 Å². The van der Waals surface area contributed by atoms with Crippen LogP contribution < -0.4 is 10.6 Å². The molecule has 0 saturated heterocycles. The van der Waals surface area contributed by atoms with Crippen molar-refractivity contribution in [2.24, 2.45) is 0 Å². The van der Waals surface area contributed by atoms with Crippen LogP contribution in [0.1, 0.15) is 5.56 Å². The van der Waals surface area contributed by atoms with Crippen molar-refractivity contribution in [3.63, 3.8) is 0 Å². The Morgan fingerprint density at radius 2 is 1.67 bits per heavy atom. The second-order valence-corrected chi connectivity index (χ2v) is 4.94. The largest absolute Gasteiger partial charge is 0.334 e. The van der Waals surface area contributed by atoms with Gasteiger partial charge in [-0.15, -0.1) is 0 Å². The van der Waals surface area contributed by atoms with Crippen LogP contribution in [0.25, 0.3) is 0 Å². The molecule has 2 aromatic rings. The number of urea groups is 1. The maximum absolute atomic E-state index is 11.7. The Hall–Kier alpha value is -1.56. The van der Waals surface area contributed by atoms with Gasteiger partial charge in [-0.25, -0.2) is 4.79 Å². The van der Waals surface area contributed by atoms with Gasteiger partial charge in [-0.1, -0.05) is 42.5 Å². The van der Waals surface area contributed by atoms with Gasteiger partial charge in [0, 0.05) is 10.1 Å². The number of anilines is 1. The van der Waals surface area contributed by atoms with E-state index in [2.05, 4.69) is 33.2 Å². The standard InChI is InChI=1S/C14H13IN2O/c15-12-8-4-5-9-13(12)17-14(18)16-10-11-6-2-1-3-7-11/h1-9H,10H2,(H2,16,17,18). The zero-order valence-electron chi connectivity index (χ0n) is 9.69. The van der Waals surface area contributed by atoms with Crippen LogP contribution in [0.2, 0.25) is 0 Å². The highest BCUT2D eigenvalue weighted by molar-refractivity contribution is 14.1. The van der Waals surface area contributed by atoms with Crippen molar-refractivity contribution in [3.8, 4) is 0 Å². The van der Waals surface area contributed by atoms with Crippen LogP contribution in [-0.4, -0.2) is 6.03 Å². The predicted octanol–water partition coefficient (Wildman–Crippen LogP) is 3.61. The molecule has 0 fully saturated rings. The Kier molecular flexibility index (Phi) is 4.58. The summed E-state index contributed by atoms with van der Waals surface area (Å²) in [6, 6.07) is 17.3. The molecule has 18 heavy (non-hydrogen) atoms. The Morgan fingerprint density at radius 3 is 2.39 bits per heavy atom. The van der Waals surface area contributed by atoms with Gasteiger partial charge in [-0.3, -0.25) is 0 Å². The molecule has 0 aromatic heterocycles. The van der Waals surface area contributed by atoms with Gasteiger partial charge in [-0.05, 0) is 40.3 Å². The lowest BCUT2D eigenvalue weighted by molar-refractivity contribution is 0.251. The smallest absolute Gasteiger partial charge is 0.319 e. The van der Waals surface area contributed by atoms with Crippen LogP contribution in [-0.2, 0) is 6.54 Å². The number of benzene rings is 2. The van der Waals surface area contributed by atoms with Gasteiger partial charge >= 0.3 is 6.03 Å². The van der Waals surface area contributed by atoms with E-state index >= 15 is 0 Å². The van der Waals surface area contributed by atoms with Gasteiger partial charge in [0.15, 0.2) is 0 Å². The molecule has 2 amide bonds. The summed E-state index contributed by atoms with van der Waals surface area (Å²) in [6.07, 6.45) is 0. The highest BCUT2D eigenvalue weighted by Gasteiger charge is 2.03. The SMILES string of the molecule is O=C(NCc1ccccc1)Nc1ccccc1I. The third kappa shape index (κ3) is 3.73. The van der Waals surface area contributed by atoms with Crippen LogP contribution in [0.3, 0.4) is 0 Å². The first-order valence-corrected chi connectivity index (χ1v) is 6.67. The van der Waals surface area contributed by atoms with Crippen LogP contribution in [0.5, 0.6) is 0 Å². The Labute approximate surface area is 120 Å². The van der Waals surface area contributed by atoms with Gasteiger partial charge in [0.05, 0.1) is 5.69 Å². The van der Waals surface area contributed by atoms with E-state index in [1.807, 2.05) is 54.6 Å². The fourth-order valence-corrected chi connectivity index (χ4v) is 2.03. The van der Waals surface area contributed by atoms with Gasteiger partial charge in [0.1, 0.15) is 0 Å². The van der Waals surface area contributed by atoms with Crippen molar-refractivity contribution in [1.82, 2.24) is 5.32 Å². The topological polar surface area (TPSA) is 41.1 Å². The Morgan fingerprint density at radius 1 is 1.00 bits per heavy atom. The lowest BCUT2D eigenvalue weighted by Crippen LogP contribution is -2.28. The highest BCUT2D eigenvalue weighted by atomic mass is 127. The summed E-state index contributed by atoms with van der Waals surface area (Å²) in [7, 11) is 0. The summed E-state index contributed by atoms with van der Waals surface area (Å²) in [4.78, 5) is 11.7. The summed E-state index contributed by atoms with van der Waals surface area (Å²) < 4.78 is 1.02. The van der Waals surface area contributed by atoms with Crippen molar-refractivity contribution in [2.45, 2.75) is 6.54 Å². The molecule has 2 N–H and O–H groups in total. The Balaban J connectivity index is 1.88. The fraction of sp³-hybridized carbons (Fsp3) is 0.0714. The number of para-hydroxylation sites is 1. The zero-order valence-corrected chi connectivity index (χ0v) is 11.8. The van der Waals surface area contributed by atoms with E-state index < -0.39 is 0 Å². The van der Waals surface area contributed by atoms with E-state index in [9.17, 15) is 4.79 Å². The molecule has 0 spiro atoms. The molecule has 92 valence electrons. The first kappa shape index (κ1) is 12.9. The van der Waals surface area contributed by atoms with Gasteiger partial charge in [-0.2, -0.15) is 0 Å². The molecule has 0 aliphatic rings. The third-order valence-corrected chi connectivity index (χ3v) is 3.36. The second-order valence-electron chi connectivity index (χ2n) is 3.77. The fourth-order valence-electron chi connectivity index (χ4n) is 1.51. The summed E-state index contributed by atoms with van der Waals surface area (Å²) >= 11 is 2.19. The monoisotopic (exact) mass is 352 g/mol. The number of halogens is 1. The van der Waals surface area contributed by atoms with E-state index in [-0.39, 0.29) is 6.03 Å². The molecule has 2 rings (SSSR count). The minimum absolute atomic E-state index is 0.192. The molecule has 3 nitrogen and oxygen atoms in total. The molecular weight excluding hydrogens is 339 g/mol. The van der Waals surface area contributed by atoms with E-state index in [0.29, 0.717) is 6.54 Å². The maximum atomic E-state index is 11.7. The molecule has 0 atom stereocenters. The molecule has 2 aromatic carbocycles. The van der Waals surface area contributed by atoms with Gasteiger partial charge in [0.2, 0.25) is 0 Å². The molecule has 4 heteroatoms. The lowest BCUT2D eigenvalue weighted by Gasteiger charge is -2.08. The minimum atomic E-state index is -0.192. The van der Waals surface area contributed by atoms with Crippen molar-refractivity contribution < 1.29 is 4.79 Å². The number of carbonyl (C=O) groups excluding carboxylic acids is 1. The summed E-state index contributed by atoms with van der Waals surface area (Å²) in [6.45, 7) is 0.524. The number of hydrogen-bond acceptors (Lipinski definition) is 1. The molecule has 0 heterocycles. The third-order valence-electron chi connectivity index (χ3n) is 2.42. The Bertz CT molecular complexity index is 528. The van der Waals surface area contributed by atoms with E-state index in [0.717, 1.165) is 14.8 Å². The quantitative estimate of drug-likeness (QED) is 0.814. The average molecular weight is 352 g/mol. The van der Waals surface area contributed by atoms with E-state index in [1.165, 1.54) is 0 Å². The van der Waals surface area contributed by atoms with Crippen molar-refractivity contribution in [1.29, 1.82) is 0 Å². The number of rotatable bonds is 3. The van der Waals surface area contributed by atoms with Crippen LogP contribution in [0.15, 0.2) is 54.6 Å². The van der Waals surface area contributed by atoms with Crippen molar-refractivity contribution in [3.05, 3.63) is 63.7 Å². The summed E-state index contributed by atoms with van der Waals surface area (Å²) in [5, 5.41) is 5.64. The van der Waals surface area contributed by atoms with Gasteiger partial charge in [0.25, 0.3) is 0 Å². The number of carbonyl (C=O) groups is 1. The number of amides is 2. The van der Waals surface area contributed by atoms with Gasteiger partial charge < -0.3 is 10.6 Å². The molecule has 0 aliphatic heterocycles. The molecule has 0 saturated carbocycles. The minimum Gasteiger partial charge on any atom is -0.334 e. The van der Waals surface area contributed by atoms with Crippen LogP contribution in [0.4, 0.5) is 10.5 Å². The highest BCUT2D eigenvalue weighted by Crippen LogP contribution is 2.16. The average Bonchev–Trinajstić information content (AvgIpc) is 2.40. The molecular formula is C14H13IN2O. The van der Waals surface area contributed by atoms with Crippen LogP contribution >= 0.6 is 22.6 Å². The first-order valence-electron chi connectivity index (χ1n) is 5.59. The lowest BCUT2D eigenvalue weighted by atomic mass is 10.2.